The van der Waals surface area contributed by atoms with E-state index in [1.165, 1.54) is 12.1 Å². The summed E-state index contributed by atoms with van der Waals surface area (Å²) >= 11 is 0. The molecule has 2 heterocycles. The van der Waals surface area contributed by atoms with Crippen LogP contribution in [0.2, 0.25) is 0 Å². The molecule has 3 rings (SSSR count). The maximum atomic E-state index is 12.0. The Labute approximate surface area is 150 Å². The van der Waals surface area contributed by atoms with Gasteiger partial charge in [-0.3, -0.25) is 4.79 Å². The number of hydrogen-bond donors (Lipinski definition) is 1. The maximum Gasteiger partial charge on any atom is 0.338 e. The molecule has 1 aromatic carbocycles. The zero-order chi connectivity index (χ0) is 18.7. The van der Waals surface area contributed by atoms with Gasteiger partial charge in [-0.1, -0.05) is 24.3 Å². The van der Waals surface area contributed by atoms with Gasteiger partial charge in [-0.2, -0.15) is 4.98 Å². The van der Waals surface area contributed by atoms with Crippen molar-refractivity contribution in [3.63, 3.8) is 0 Å². The first kappa shape index (κ1) is 17.4. The Morgan fingerprint density at radius 1 is 1.19 bits per heavy atom. The molecule has 0 spiro atoms. The zero-order valence-electron chi connectivity index (χ0n) is 14.8. The molecule has 0 fully saturated rings. The summed E-state index contributed by atoms with van der Waals surface area (Å²) in [7, 11) is 3.32. The molecule has 0 bridgehead atoms. The van der Waals surface area contributed by atoms with E-state index < -0.39 is 5.63 Å². The van der Waals surface area contributed by atoms with Gasteiger partial charge in [0.2, 0.25) is 11.6 Å². The van der Waals surface area contributed by atoms with Crippen LogP contribution in [0.3, 0.4) is 0 Å². The van der Waals surface area contributed by atoms with Crippen LogP contribution in [0.15, 0.2) is 64.0 Å². The number of carbonyl (C=O) groups is 1. The third-order valence-electron chi connectivity index (χ3n) is 4.09. The van der Waals surface area contributed by atoms with E-state index in [1.54, 1.807) is 25.2 Å². The molecule has 0 aliphatic carbocycles. The Morgan fingerprint density at radius 2 is 1.96 bits per heavy atom. The zero-order valence-corrected chi connectivity index (χ0v) is 14.8. The normalized spacial score (nSPS) is 11.0. The van der Waals surface area contributed by atoms with Gasteiger partial charge in [0.25, 0.3) is 0 Å². The lowest BCUT2D eigenvalue weighted by atomic mass is 9.99. The van der Waals surface area contributed by atoms with E-state index in [1.807, 2.05) is 43.3 Å². The van der Waals surface area contributed by atoms with Gasteiger partial charge in [-0.05, 0) is 30.2 Å². The van der Waals surface area contributed by atoms with Crippen LogP contribution in [0.4, 0.5) is 5.82 Å². The van der Waals surface area contributed by atoms with Crippen molar-refractivity contribution in [2.75, 3.05) is 19.0 Å². The summed E-state index contributed by atoms with van der Waals surface area (Å²) in [6.07, 6.45) is 2.99. The third-order valence-corrected chi connectivity index (χ3v) is 4.09. The average molecular weight is 349 g/mol. The molecule has 1 amide bonds. The number of nitrogens with one attached hydrogen (secondary N) is 1. The fourth-order valence-corrected chi connectivity index (χ4v) is 2.67. The van der Waals surface area contributed by atoms with E-state index in [9.17, 15) is 9.59 Å². The van der Waals surface area contributed by atoms with Crippen LogP contribution in [0.25, 0.3) is 22.2 Å². The second kappa shape index (κ2) is 7.23. The van der Waals surface area contributed by atoms with Crippen LogP contribution < -0.4 is 15.8 Å². The minimum Gasteiger partial charge on any atom is -0.404 e. The predicted octanol–water partition coefficient (Wildman–Crippen LogP) is 2.86. The van der Waals surface area contributed by atoms with Gasteiger partial charge in [-0.15, -0.1) is 0 Å². The number of nitrogens with zero attached hydrogens (tertiary/aromatic N) is 2. The van der Waals surface area contributed by atoms with Crippen molar-refractivity contribution in [3.05, 3.63) is 70.7 Å². The lowest BCUT2D eigenvalue weighted by molar-refractivity contribution is -0.116. The number of benzene rings is 1. The molecule has 0 unspecified atom stereocenters. The molecule has 0 saturated heterocycles. The number of rotatable bonds is 4. The molecular formula is C20H19N3O3. The molecule has 3 aromatic rings. The van der Waals surface area contributed by atoms with Gasteiger partial charge in [0.1, 0.15) is 5.82 Å². The lowest BCUT2D eigenvalue weighted by Crippen LogP contribution is -2.17. The highest BCUT2D eigenvalue weighted by atomic mass is 16.4. The standard InChI is InChI=1S/C20H19N3O3/c1-13-6-4-5-7-14(13)16-12-19(25)26-20-15(16)8-9-17(22-20)23(3)11-10-18(24)21-2/h4-12H,1-3H3,(H,21,24). The molecule has 1 N–H and O–H groups in total. The highest BCUT2D eigenvalue weighted by molar-refractivity contribution is 5.93. The van der Waals surface area contributed by atoms with Crippen molar-refractivity contribution in [2.45, 2.75) is 6.92 Å². The van der Waals surface area contributed by atoms with E-state index in [4.69, 9.17) is 4.42 Å². The van der Waals surface area contributed by atoms with Gasteiger partial charge in [0.05, 0.1) is 0 Å². The van der Waals surface area contributed by atoms with E-state index in [0.717, 1.165) is 22.1 Å². The Morgan fingerprint density at radius 3 is 2.69 bits per heavy atom. The molecule has 0 radical (unpaired) electrons. The molecule has 2 aromatic heterocycles. The minimum absolute atomic E-state index is 0.217. The second-order valence-corrected chi connectivity index (χ2v) is 5.86. The van der Waals surface area contributed by atoms with Gasteiger partial charge < -0.3 is 14.6 Å². The van der Waals surface area contributed by atoms with Crippen LogP contribution in [-0.4, -0.2) is 25.0 Å². The summed E-state index contributed by atoms with van der Waals surface area (Å²) in [5, 5.41) is 3.26. The third kappa shape index (κ3) is 3.49. The number of anilines is 1. The van der Waals surface area contributed by atoms with Gasteiger partial charge in [0.15, 0.2) is 0 Å². The van der Waals surface area contributed by atoms with Crippen molar-refractivity contribution in [1.29, 1.82) is 0 Å². The molecule has 0 atom stereocenters. The van der Waals surface area contributed by atoms with E-state index in [2.05, 4.69) is 10.3 Å². The fraction of sp³-hybridized carbons (Fsp3) is 0.150. The number of aryl methyl sites for hydroxylation is 1. The summed E-state index contributed by atoms with van der Waals surface area (Å²) in [6.45, 7) is 1.99. The molecule has 132 valence electrons. The Hall–Kier alpha value is -3.41. The van der Waals surface area contributed by atoms with Crippen molar-refractivity contribution < 1.29 is 9.21 Å². The number of amides is 1. The van der Waals surface area contributed by atoms with Crippen molar-refractivity contribution in [1.82, 2.24) is 10.3 Å². The van der Waals surface area contributed by atoms with Gasteiger partial charge in [-0.25, -0.2) is 4.79 Å². The fourth-order valence-electron chi connectivity index (χ4n) is 2.67. The second-order valence-electron chi connectivity index (χ2n) is 5.86. The topological polar surface area (TPSA) is 75.4 Å². The first-order chi connectivity index (χ1) is 12.5. The number of likely N-dealkylation sites (N-methyl/N-ethyl adjacent to an activating group) is 1. The molecule has 0 saturated carbocycles. The number of hydrogen-bond acceptors (Lipinski definition) is 5. The Kier molecular flexibility index (Phi) is 4.84. The van der Waals surface area contributed by atoms with Crippen molar-refractivity contribution >= 4 is 22.8 Å². The highest BCUT2D eigenvalue weighted by Gasteiger charge is 2.12. The van der Waals surface area contributed by atoms with Crippen molar-refractivity contribution in [2.24, 2.45) is 0 Å². The van der Waals surface area contributed by atoms with E-state index >= 15 is 0 Å². The molecule has 6 nitrogen and oxygen atoms in total. The monoisotopic (exact) mass is 349 g/mol. The number of aromatic nitrogens is 1. The summed E-state index contributed by atoms with van der Waals surface area (Å²) in [4.78, 5) is 29.5. The summed E-state index contributed by atoms with van der Waals surface area (Å²) in [5.74, 6) is 0.341. The van der Waals surface area contributed by atoms with Crippen LogP contribution in [-0.2, 0) is 4.79 Å². The number of pyridine rings is 1. The van der Waals surface area contributed by atoms with Crippen LogP contribution >= 0.6 is 0 Å². The van der Waals surface area contributed by atoms with Crippen LogP contribution in [0.1, 0.15) is 5.56 Å². The SMILES string of the molecule is CNC(=O)C=CN(C)c1ccc2c(-c3ccccc3C)cc(=O)oc2n1. The molecule has 26 heavy (non-hydrogen) atoms. The van der Waals surface area contributed by atoms with Crippen LogP contribution in [0, 0.1) is 6.92 Å². The van der Waals surface area contributed by atoms with Crippen molar-refractivity contribution in [3.8, 4) is 11.1 Å². The lowest BCUT2D eigenvalue weighted by Gasteiger charge is -2.14. The predicted molar refractivity (Wildman–Crippen MR) is 102 cm³/mol. The summed E-state index contributed by atoms with van der Waals surface area (Å²) < 4.78 is 5.30. The number of fused-ring (bicyclic) bond motifs is 1. The van der Waals surface area contributed by atoms with E-state index in [0.29, 0.717) is 5.82 Å². The largest absolute Gasteiger partial charge is 0.404 e. The molecule has 0 aliphatic rings. The van der Waals surface area contributed by atoms with Gasteiger partial charge in [0, 0.05) is 43.4 Å². The smallest absolute Gasteiger partial charge is 0.338 e. The highest BCUT2D eigenvalue weighted by Crippen LogP contribution is 2.30. The van der Waals surface area contributed by atoms with Gasteiger partial charge >= 0.3 is 5.63 Å². The summed E-state index contributed by atoms with van der Waals surface area (Å²) in [6, 6.07) is 13.0. The first-order valence-corrected chi connectivity index (χ1v) is 8.13. The molecular weight excluding hydrogens is 330 g/mol. The Balaban J connectivity index is 2.09. The average Bonchev–Trinajstić information content (AvgIpc) is 2.65. The van der Waals surface area contributed by atoms with E-state index in [-0.39, 0.29) is 11.6 Å². The quantitative estimate of drug-likeness (QED) is 0.733. The molecule has 0 aliphatic heterocycles. The first-order valence-electron chi connectivity index (χ1n) is 8.13. The maximum absolute atomic E-state index is 12.0. The van der Waals surface area contributed by atoms with Crippen LogP contribution in [0.5, 0.6) is 0 Å². The Bertz CT molecular complexity index is 1050. The summed E-state index contributed by atoms with van der Waals surface area (Å²) in [5.41, 5.74) is 2.62. The molecule has 6 heteroatoms. The number of carbonyl (C=O) groups excluding carboxylic acids is 1. The minimum atomic E-state index is -0.455.